The van der Waals surface area contributed by atoms with Gasteiger partial charge in [0.05, 0.1) is 9.93 Å². The maximum Gasteiger partial charge on any atom is 0.261 e. The Bertz CT molecular complexity index is 538. The molecule has 0 bridgehead atoms. The van der Waals surface area contributed by atoms with Gasteiger partial charge in [-0.15, -0.1) is 0 Å². The van der Waals surface area contributed by atoms with E-state index in [9.17, 15) is 8.42 Å². The Kier molecular flexibility index (Phi) is 5.13. The molecule has 0 saturated carbocycles. The molecule has 94 valence electrons. The lowest BCUT2D eigenvalue weighted by Gasteiger charge is -2.07. The van der Waals surface area contributed by atoms with Crippen molar-refractivity contribution in [1.82, 2.24) is 0 Å². The Morgan fingerprint density at radius 3 is 2.59 bits per heavy atom. The highest BCUT2D eigenvalue weighted by Gasteiger charge is 2.13. The summed E-state index contributed by atoms with van der Waals surface area (Å²) in [5.41, 5.74) is 1.70. The zero-order chi connectivity index (χ0) is 13.1. The molecule has 0 atom stereocenters. The van der Waals surface area contributed by atoms with E-state index >= 15 is 0 Å². The predicted molar refractivity (Wildman–Crippen MR) is 69.5 cm³/mol. The maximum atomic E-state index is 11.2. The predicted octanol–water partition coefficient (Wildman–Crippen LogP) is 3.62. The number of benzene rings is 1. The van der Waals surface area contributed by atoms with E-state index in [1.165, 1.54) is 17.7 Å². The maximum absolute atomic E-state index is 11.2. The van der Waals surface area contributed by atoms with Crippen LogP contribution in [0.2, 0.25) is 0 Å². The molecular weight excluding hydrogens is 307 g/mol. The lowest BCUT2D eigenvalue weighted by Crippen LogP contribution is -1.99. The average Bonchev–Trinajstić information content (AvgIpc) is 2.24. The summed E-state index contributed by atoms with van der Waals surface area (Å²) in [6.45, 7) is 1.75. The molecule has 0 radical (unpaired) electrons. The normalized spacial score (nSPS) is 12.6. The number of aryl methyl sites for hydroxylation is 1. The fraction of sp³-hybridized carbons (Fsp3) is 0.200. The standard InChI is InChI=1S/C10H9Cl3O3S/c1-7-4-9(16-6-8(12)5-11)2-3-10(7)17(13,14)15/h2-5H,6H2,1H3/b8-5-. The van der Waals surface area contributed by atoms with E-state index in [0.29, 0.717) is 16.3 Å². The van der Waals surface area contributed by atoms with Crippen molar-refractivity contribution in [2.45, 2.75) is 11.8 Å². The Morgan fingerprint density at radius 1 is 1.47 bits per heavy atom. The van der Waals surface area contributed by atoms with Crippen LogP contribution < -0.4 is 4.74 Å². The van der Waals surface area contributed by atoms with Gasteiger partial charge in [0.2, 0.25) is 0 Å². The summed E-state index contributed by atoms with van der Waals surface area (Å²) in [4.78, 5) is 0.0606. The molecule has 0 unspecified atom stereocenters. The summed E-state index contributed by atoms with van der Waals surface area (Å²) in [7, 11) is 1.52. The first-order valence-electron chi connectivity index (χ1n) is 4.47. The van der Waals surface area contributed by atoms with Crippen LogP contribution in [0.5, 0.6) is 5.75 Å². The molecule has 0 aliphatic heterocycles. The Labute approximate surface area is 114 Å². The van der Waals surface area contributed by atoms with Crippen LogP contribution in [-0.4, -0.2) is 15.0 Å². The van der Waals surface area contributed by atoms with Crippen molar-refractivity contribution in [2.75, 3.05) is 6.61 Å². The van der Waals surface area contributed by atoms with Crippen LogP contribution in [0.4, 0.5) is 0 Å². The zero-order valence-electron chi connectivity index (χ0n) is 8.78. The molecule has 0 aliphatic rings. The van der Waals surface area contributed by atoms with Gasteiger partial charge in [-0.05, 0) is 30.7 Å². The van der Waals surface area contributed by atoms with Crippen molar-refractivity contribution in [3.63, 3.8) is 0 Å². The van der Waals surface area contributed by atoms with E-state index in [1.54, 1.807) is 13.0 Å². The fourth-order valence-corrected chi connectivity index (χ4v) is 2.48. The topological polar surface area (TPSA) is 43.4 Å². The minimum Gasteiger partial charge on any atom is -0.488 e. The molecule has 0 aromatic heterocycles. The van der Waals surface area contributed by atoms with Gasteiger partial charge in [-0.1, -0.05) is 23.2 Å². The second-order valence-electron chi connectivity index (χ2n) is 3.21. The van der Waals surface area contributed by atoms with Crippen molar-refractivity contribution in [3.05, 3.63) is 34.3 Å². The average molecular weight is 316 g/mol. The van der Waals surface area contributed by atoms with Crippen LogP contribution in [0.25, 0.3) is 0 Å². The second-order valence-corrected chi connectivity index (χ2v) is 6.45. The van der Waals surface area contributed by atoms with Crippen molar-refractivity contribution in [1.29, 1.82) is 0 Å². The van der Waals surface area contributed by atoms with Crippen LogP contribution in [0.15, 0.2) is 33.7 Å². The molecular formula is C10H9Cl3O3S. The minimum absolute atomic E-state index is 0.0606. The third-order valence-corrected chi connectivity index (χ3v) is 3.98. The van der Waals surface area contributed by atoms with Crippen molar-refractivity contribution in [3.8, 4) is 5.75 Å². The molecule has 0 amide bonds. The molecule has 0 saturated heterocycles. The molecule has 7 heteroatoms. The lowest BCUT2D eigenvalue weighted by atomic mass is 10.2. The number of rotatable bonds is 4. The molecule has 0 spiro atoms. The summed E-state index contributed by atoms with van der Waals surface area (Å²) in [6, 6.07) is 4.44. The van der Waals surface area contributed by atoms with Crippen LogP contribution in [0.1, 0.15) is 5.56 Å². The van der Waals surface area contributed by atoms with Gasteiger partial charge in [-0.25, -0.2) is 8.42 Å². The summed E-state index contributed by atoms with van der Waals surface area (Å²) < 4.78 is 27.6. The molecule has 0 heterocycles. The summed E-state index contributed by atoms with van der Waals surface area (Å²) in [5.74, 6) is 0.489. The second kappa shape index (κ2) is 5.96. The Balaban J connectivity index is 2.90. The van der Waals surface area contributed by atoms with Crippen LogP contribution in [-0.2, 0) is 9.05 Å². The van der Waals surface area contributed by atoms with Crippen molar-refractivity contribution < 1.29 is 13.2 Å². The minimum atomic E-state index is -3.73. The Morgan fingerprint density at radius 2 is 2.12 bits per heavy atom. The molecule has 1 aromatic rings. The van der Waals surface area contributed by atoms with E-state index in [1.807, 2.05) is 0 Å². The molecule has 0 N–H and O–H groups in total. The van der Waals surface area contributed by atoms with Gasteiger partial charge >= 0.3 is 0 Å². The smallest absolute Gasteiger partial charge is 0.261 e. The first kappa shape index (κ1) is 14.6. The van der Waals surface area contributed by atoms with Gasteiger partial charge in [0.25, 0.3) is 9.05 Å². The molecule has 0 fully saturated rings. The quantitative estimate of drug-likeness (QED) is 0.797. The van der Waals surface area contributed by atoms with E-state index in [-0.39, 0.29) is 11.5 Å². The van der Waals surface area contributed by atoms with E-state index in [0.717, 1.165) is 0 Å². The van der Waals surface area contributed by atoms with Gasteiger partial charge in [0.15, 0.2) is 0 Å². The number of ether oxygens (including phenoxy) is 1. The highest BCUT2D eigenvalue weighted by molar-refractivity contribution is 8.13. The molecule has 17 heavy (non-hydrogen) atoms. The van der Waals surface area contributed by atoms with Gasteiger partial charge in [0, 0.05) is 16.2 Å². The zero-order valence-corrected chi connectivity index (χ0v) is 11.9. The first-order valence-corrected chi connectivity index (χ1v) is 7.60. The SMILES string of the molecule is Cc1cc(OC/C(Cl)=C/Cl)ccc1S(=O)(=O)Cl. The van der Waals surface area contributed by atoms with Crippen LogP contribution >= 0.6 is 33.9 Å². The van der Waals surface area contributed by atoms with E-state index in [4.69, 9.17) is 38.6 Å². The lowest BCUT2D eigenvalue weighted by molar-refractivity contribution is 0.359. The molecule has 1 rings (SSSR count). The van der Waals surface area contributed by atoms with E-state index in [2.05, 4.69) is 0 Å². The third-order valence-electron chi connectivity index (χ3n) is 1.90. The molecule has 0 aliphatic carbocycles. The highest BCUT2D eigenvalue weighted by atomic mass is 35.7. The van der Waals surface area contributed by atoms with Gasteiger partial charge in [-0.2, -0.15) is 0 Å². The Hall–Kier alpha value is -0.420. The van der Waals surface area contributed by atoms with Crippen LogP contribution in [0.3, 0.4) is 0 Å². The van der Waals surface area contributed by atoms with Gasteiger partial charge < -0.3 is 4.74 Å². The molecule has 1 aromatic carbocycles. The fourth-order valence-electron chi connectivity index (χ4n) is 1.17. The highest BCUT2D eigenvalue weighted by Crippen LogP contribution is 2.24. The summed E-state index contributed by atoms with van der Waals surface area (Å²) in [6.07, 6.45) is 0. The number of halogens is 3. The largest absolute Gasteiger partial charge is 0.488 e. The van der Waals surface area contributed by atoms with Crippen LogP contribution in [0, 0.1) is 6.92 Å². The van der Waals surface area contributed by atoms with Crippen molar-refractivity contribution in [2.24, 2.45) is 0 Å². The number of hydrogen-bond donors (Lipinski definition) is 0. The van der Waals surface area contributed by atoms with E-state index < -0.39 is 9.05 Å². The monoisotopic (exact) mass is 314 g/mol. The first-order chi connectivity index (χ1) is 7.84. The van der Waals surface area contributed by atoms with Gasteiger partial charge in [-0.3, -0.25) is 0 Å². The summed E-state index contributed by atoms with van der Waals surface area (Å²) >= 11 is 11.0. The van der Waals surface area contributed by atoms with Gasteiger partial charge in [0.1, 0.15) is 12.4 Å². The third kappa shape index (κ3) is 4.39. The summed E-state index contributed by atoms with van der Waals surface area (Å²) in [5, 5.41) is 0.346. The van der Waals surface area contributed by atoms with Crippen molar-refractivity contribution >= 4 is 42.9 Å². The molecule has 3 nitrogen and oxygen atoms in total. The number of hydrogen-bond acceptors (Lipinski definition) is 3.